The van der Waals surface area contributed by atoms with E-state index in [1.54, 1.807) is 24.3 Å². The molecule has 0 aliphatic heterocycles. The first-order valence-electron chi connectivity index (χ1n) is 15.6. The number of hydrogen-bond acceptors (Lipinski definition) is 4. The van der Waals surface area contributed by atoms with E-state index >= 15 is 0 Å². The molecule has 2 aromatic rings. The van der Waals surface area contributed by atoms with Gasteiger partial charge in [0.05, 0.1) is 17.7 Å². The summed E-state index contributed by atoms with van der Waals surface area (Å²) in [5.41, 5.74) is 2.23. The zero-order valence-corrected chi connectivity index (χ0v) is 24.8. The molecule has 216 valence electrons. The van der Waals surface area contributed by atoms with Gasteiger partial charge in [0.25, 0.3) is 0 Å². The number of unbranched alkanes of at least 4 members (excludes halogenated alkanes) is 13. The molecular formula is C35H52O4. The van der Waals surface area contributed by atoms with Crippen LogP contribution in [-0.4, -0.2) is 18.5 Å². The quantitative estimate of drug-likeness (QED) is 0.0904. The Morgan fingerprint density at radius 2 is 1.08 bits per heavy atom. The topological polar surface area (TPSA) is 52.6 Å². The van der Waals surface area contributed by atoms with Crippen molar-refractivity contribution in [1.29, 1.82) is 0 Å². The van der Waals surface area contributed by atoms with E-state index in [1.165, 1.54) is 95.5 Å². The van der Waals surface area contributed by atoms with Crippen molar-refractivity contribution in [2.24, 2.45) is 5.92 Å². The molecule has 0 aliphatic carbocycles. The number of benzene rings is 2. The molecule has 0 aliphatic rings. The van der Waals surface area contributed by atoms with Crippen molar-refractivity contribution < 1.29 is 19.1 Å². The molecular weight excluding hydrogens is 484 g/mol. The number of rotatable bonds is 21. The van der Waals surface area contributed by atoms with E-state index in [-0.39, 0.29) is 5.97 Å². The van der Waals surface area contributed by atoms with E-state index in [0.29, 0.717) is 29.4 Å². The highest BCUT2D eigenvalue weighted by Crippen LogP contribution is 2.17. The first-order valence-corrected chi connectivity index (χ1v) is 15.6. The van der Waals surface area contributed by atoms with Crippen LogP contribution in [0.4, 0.5) is 0 Å². The largest absolute Gasteiger partial charge is 0.462 e. The van der Waals surface area contributed by atoms with Crippen LogP contribution < -0.4 is 4.74 Å². The van der Waals surface area contributed by atoms with Crippen LogP contribution in [0.1, 0.15) is 143 Å². The molecule has 0 saturated heterocycles. The lowest BCUT2D eigenvalue weighted by atomic mass is 10.0. The fraction of sp³-hybridized carbons (Fsp3) is 0.600. The SMILES string of the molecule is CCCCCCCCCCCCCCCCc1ccc(C(=O)Oc2ccc(C(=O)OCC(C)CC)cc2)cc1. The standard InChI is InChI=1S/C35H52O4/c1-4-6-7-8-9-10-11-12-13-14-15-16-17-18-19-30-20-22-32(23-21-30)35(37)39-33-26-24-31(25-27-33)34(36)38-28-29(3)5-2/h20-27,29H,4-19,28H2,1-3H3. The van der Waals surface area contributed by atoms with Gasteiger partial charge in [-0.2, -0.15) is 0 Å². The van der Waals surface area contributed by atoms with E-state index in [0.717, 1.165) is 12.8 Å². The van der Waals surface area contributed by atoms with Gasteiger partial charge < -0.3 is 9.47 Å². The molecule has 0 bridgehead atoms. The molecule has 0 fully saturated rings. The Hall–Kier alpha value is -2.62. The molecule has 0 amide bonds. The Morgan fingerprint density at radius 3 is 1.59 bits per heavy atom. The van der Waals surface area contributed by atoms with Crippen LogP contribution in [0.15, 0.2) is 48.5 Å². The van der Waals surface area contributed by atoms with Crippen molar-refractivity contribution in [3.8, 4) is 5.75 Å². The van der Waals surface area contributed by atoms with Crippen LogP contribution >= 0.6 is 0 Å². The lowest BCUT2D eigenvalue weighted by molar-refractivity contribution is 0.0447. The molecule has 0 aromatic heterocycles. The van der Waals surface area contributed by atoms with Gasteiger partial charge in [-0.15, -0.1) is 0 Å². The number of hydrogen-bond donors (Lipinski definition) is 0. The Morgan fingerprint density at radius 1 is 0.615 bits per heavy atom. The molecule has 0 radical (unpaired) electrons. The third-order valence-electron chi connectivity index (χ3n) is 7.51. The highest BCUT2D eigenvalue weighted by atomic mass is 16.5. The van der Waals surface area contributed by atoms with Gasteiger partial charge in [0.1, 0.15) is 5.75 Å². The normalized spacial score (nSPS) is 11.8. The maximum Gasteiger partial charge on any atom is 0.343 e. The molecule has 0 heterocycles. The Bertz CT molecular complexity index is 917. The summed E-state index contributed by atoms with van der Waals surface area (Å²) in [5.74, 6) is -0.0163. The summed E-state index contributed by atoms with van der Waals surface area (Å²) in [7, 11) is 0. The van der Waals surface area contributed by atoms with Gasteiger partial charge in [0, 0.05) is 0 Å². The summed E-state index contributed by atoms with van der Waals surface area (Å²) >= 11 is 0. The number of ether oxygens (including phenoxy) is 2. The fourth-order valence-corrected chi connectivity index (χ4v) is 4.58. The summed E-state index contributed by atoms with van der Waals surface area (Å²) in [6.45, 7) is 6.79. The monoisotopic (exact) mass is 536 g/mol. The molecule has 4 heteroatoms. The van der Waals surface area contributed by atoms with E-state index in [9.17, 15) is 9.59 Å². The zero-order chi connectivity index (χ0) is 28.1. The first-order chi connectivity index (χ1) is 19.0. The average Bonchev–Trinajstić information content (AvgIpc) is 2.96. The van der Waals surface area contributed by atoms with Crippen LogP contribution in [0.25, 0.3) is 0 Å². The van der Waals surface area contributed by atoms with Crippen molar-refractivity contribution in [1.82, 2.24) is 0 Å². The molecule has 39 heavy (non-hydrogen) atoms. The smallest absolute Gasteiger partial charge is 0.343 e. The Labute approximate surface area is 237 Å². The van der Waals surface area contributed by atoms with Crippen molar-refractivity contribution in [2.45, 2.75) is 124 Å². The summed E-state index contributed by atoms with van der Waals surface area (Å²) in [4.78, 5) is 24.7. The molecule has 1 atom stereocenters. The minimum absolute atomic E-state index is 0.333. The summed E-state index contributed by atoms with van der Waals surface area (Å²) < 4.78 is 10.8. The van der Waals surface area contributed by atoms with E-state index < -0.39 is 5.97 Å². The molecule has 1 unspecified atom stereocenters. The van der Waals surface area contributed by atoms with Gasteiger partial charge in [-0.3, -0.25) is 0 Å². The predicted molar refractivity (Wildman–Crippen MR) is 162 cm³/mol. The number of carbonyl (C=O) groups excluding carboxylic acids is 2. The third kappa shape index (κ3) is 14.4. The molecule has 0 N–H and O–H groups in total. The van der Waals surface area contributed by atoms with Gasteiger partial charge >= 0.3 is 11.9 Å². The second-order valence-corrected chi connectivity index (χ2v) is 11.1. The summed E-state index contributed by atoms with van der Waals surface area (Å²) in [5, 5.41) is 0. The Balaban J connectivity index is 1.56. The van der Waals surface area contributed by atoms with Gasteiger partial charge in [0.15, 0.2) is 0 Å². The minimum Gasteiger partial charge on any atom is -0.462 e. The van der Waals surface area contributed by atoms with Crippen molar-refractivity contribution in [3.05, 3.63) is 65.2 Å². The van der Waals surface area contributed by atoms with Crippen molar-refractivity contribution in [3.63, 3.8) is 0 Å². The summed E-state index contributed by atoms with van der Waals surface area (Å²) in [6.07, 6.45) is 21.1. The van der Waals surface area contributed by atoms with Crippen LogP contribution in [-0.2, 0) is 11.2 Å². The van der Waals surface area contributed by atoms with E-state index in [4.69, 9.17) is 9.47 Å². The maximum absolute atomic E-state index is 12.5. The average molecular weight is 537 g/mol. The second-order valence-electron chi connectivity index (χ2n) is 11.1. The molecule has 2 aromatic carbocycles. The van der Waals surface area contributed by atoms with Crippen LogP contribution in [0.2, 0.25) is 0 Å². The lowest BCUT2D eigenvalue weighted by Crippen LogP contribution is -2.12. The van der Waals surface area contributed by atoms with Gasteiger partial charge in [-0.05, 0) is 60.7 Å². The highest BCUT2D eigenvalue weighted by Gasteiger charge is 2.12. The van der Waals surface area contributed by atoms with Crippen LogP contribution in [0, 0.1) is 5.92 Å². The lowest BCUT2D eigenvalue weighted by Gasteiger charge is -2.10. The number of carbonyl (C=O) groups is 2. The molecule has 4 nitrogen and oxygen atoms in total. The zero-order valence-electron chi connectivity index (χ0n) is 24.8. The van der Waals surface area contributed by atoms with Crippen LogP contribution in [0.3, 0.4) is 0 Å². The van der Waals surface area contributed by atoms with Gasteiger partial charge in [0.2, 0.25) is 0 Å². The van der Waals surface area contributed by atoms with Crippen molar-refractivity contribution >= 4 is 11.9 Å². The predicted octanol–water partition coefficient (Wildman–Crippen LogP) is 10.1. The van der Waals surface area contributed by atoms with Crippen LogP contribution in [0.5, 0.6) is 5.75 Å². The van der Waals surface area contributed by atoms with Crippen molar-refractivity contribution in [2.75, 3.05) is 6.61 Å². The van der Waals surface area contributed by atoms with E-state index in [2.05, 4.69) is 13.8 Å². The van der Waals surface area contributed by atoms with Gasteiger partial charge in [-0.1, -0.05) is 123 Å². The molecule has 2 rings (SSSR count). The van der Waals surface area contributed by atoms with E-state index in [1.807, 2.05) is 31.2 Å². The number of esters is 2. The van der Waals surface area contributed by atoms with Gasteiger partial charge in [-0.25, -0.2) is 9.59 Å². The first kappa shape index (κ1) is 32.6. The fourth-order valence-electron chi connectivity index (χ4n) is 4.58. The Kier molecular flexibility index (Phi) is 17.0. The maximum atomic E-state index is 12.5. The molecule has 0 saturated carbocycles. The second kappa shape index (κ2) is 20.3. The number of aryl methyl sites for hydroxylation is 1. The highest BCUT2D eigenvalue weighted by molar-refractivity contribution is 5.92. The molecule has 0 spiro atoms. The minimum atomic E-state index is -0.398. The summed E-state index contributed by atoms with van der Waals surface area (Å²) in [6, 6.07) is 14.2. The third-order valence-corrected chi connectivity index (χ3v) is 7.51.